The molecule has 102 valence electrons. The van der Waals surface area contributed by atoms with Crippen molar-refractivity contribution in [1.82, 2.24) is 5.32 Å². The summed E-state index contributed by atoms with van der Waals surface area (Å²) in [6.45, 7) is 5.91. The van der Waals surface area contributed by atoms with Crippen molar-refractivity contribution in [3.63, 3.8) is 0 Å². The molecular weight excluding hydrogens is 246 g/mol. The molecule has 1 rings (SSSR count). The number of unbranched alkanes of at least 4 members (excludes halogenated alkanes) is 3. The Kier molecular flexibility index (Phi) is 6.47. The van der Waals surface area contributed by atoms with E-state index in [1.54, 1.807) is 0 Å². The zero-order valence-corrected chi connectivity index (χ0v) is 12.3. The lowest BCUT2D eigenvalue weighted by atomic mass is 10.00. The first-order valence-electron chi connectivity index (χ1n) is 6.75. The average molecular weight is 269 g/mol. The Morgan fingerprint density at radius 3 is 2.61 bits per heavy atom. The highest BCUT2D eigenvalue weighted by atomic mass is 32.2. The molecule has 0 saturated heterocycles. The van der Waals surface area contributed by atoms with Crippen molar-refractivity contribution >= 4 is 23.5 Å². The topological polar surface area (TPSA) is 46.2 Å². The van der Waals surface area contributed by atoms with Crippen LogP contribution in [0.25, 0.3) is 0 Å². The van der Waals surface area contributed by atoms with Crippen molar-refractivity contribution in [3.05, 3.63) is 11.0 Å². The van der Waals surface area contributed by atoms with Crippen LogP contribution in [0.5, 0.6) is 0 Å². The fraction of sp³-hybridized carbons (Fsp3) is 0.714. The van der Waals surface area contributed by atoms with Gasteiger partial charge in [0.1, 0.15) is 0 Å². The number of nitrogens with one attached hydrogen (secondary N) is 1. The van der Waals surface area contributed by atoms with Crippen LogP contribution in [0.1, 0.15) is 46.5 Å². The van der Waals surface area contributed by atoms with Crippen LogP contribution in [-0.4, -0.2) is 23.5 Å². The Balaban J connectivity index is 2.50. The summed E-state index contributed by atoms with van der Waals surface area (Å²) in [5, 5.41) is 2.88. The van der Waals surface area contributed by atoms with Crippen molar-refractivity contribution in [1.29, 1.82) is 0 Å². The van der Waals surface area contributed by atoms with Gasteiger partial charge in [0.25, 0.3) is 5.91 Å². The Morgan fingerprint density at radius 2 is 1.94 bits per heavy atom. The molecule has 4 heteroatoms. The van der Waals surface area contributed by atoms with Gasteiger partial charge in [-0.25, -0.2) is 0 Å². The monoisotopic (exact) mass is 269 g/mol. The highest BCUT2D eigenvalue weighted by Crippen LogP contribution is 2.22. The normalized spacial score (nSPS) is 24.5. The molecule has 1 aliphatic rings. The minimum atomic E-state index is -0.132. The van der Waals surface area contributed by atoms with E-state index in [1.165, 1.54) is 37.1 Å². The quantitative estimate of drug-likeness (QED) is 0.754. The standard InChI is InChI=1S/C14H23NO2S/c1-4-5-6-7-8-18-13-9-12(16)10(2)11(3)15-14(13)17/h9-11H,4-8H2,1-3H3,(H,15,17). The lowest BCUT2D eigenvalue weighted by Gasteiger charge is -2.15. The number of amides is 1. The van der Waals surface area contributed by atoms with Crippen LogP contribution in [0.4, 0.5) is 0 Å². The first-order chi connectivity index (χ1) is 8.56. The fourth-order valence-electron chi connectivity index (χ4n) is 1.79. The van der Waals surface area contributed by atoms with Gasteiger partial charge in [-0.05, 0) is 19.1 Å². The number of rotatable bonds is 6. The molecule has 0 saturated carbocycles. The van der Waals surface area contributed by atoms with E-state index < -0.39 is 0 Å². The van der Waals surface area contributed by atoms with Gasteiger partial charge in [-0.3, -0.25) is 9.59 Å². The molecule has 1 amide bonds. The first kappa shape index (κ1) is 15.3. The maximum absolute atomic E-state index is 11.9. The third-order valence-electron chi connectivity index (χ3n) is 3.31. The summed E-state index contributed by atoms with van der Waals surface area (Å²) in [5.74, 6) is 0.736. The lowest BCUT2D eigenvalue weighted by Crippen LogP contribution is -2.37. The summed E-state index contributed by atoms with van der Waals surface area (Å²) >= 11 is 1.51. The van der Waals surface area contributed by atoms with E-state index >= 15 is 0 Å². The van der Waals surface area contributed by atoms with Crippen LogP contribution in [0.15, 0.2) is 11.0 Å². The Labute approximate surface area is 114 Å². The summed E-state index contributed by atoms with van der Waals surface area (Å²) in [5.41, 5.74) is 0. The number of ketones is 1. The Bertz CT molecular complexity index is 339. The van der Waals surface area contributed by atoms with Gasteiger partial charge in [-0.15, -0.1) is 11.8 Å². The smallest absolute Gasteiger partial charge is 0.258 e. The van der Waals surface area contributed by atoms with Crippen LogP contribution < -0.4 is 5.32 Å². The second-order valence-electron chi connectivity index (χ2n) is 4.87. The van der Waals surface area contributed by atoms with Crippen molar-refractivity contribution in [2.24, 2.45) is 5.92 Å². The largest absolute Gasteiger partial charge is 0.348 e. The fourth-order valence-corrected chi connectivity index (χ4v) is 2.75. The molecule has 1 aliphatic heterocycles. The minimum Gasteiger partial charge on any atom is -0.348 e. The Hall–Kier alpha value is -0.770. The summed E-state index contributed by atoms with van der Waals surface area (Å²) < 4.78 is 0. The van der Waals surface area contributed by atoms with Gasteiger partial charge in [-0.1, -0.05) is 33.1 Å². The second kappa shape index (κ2) is 7.62. The highest BCUT2D eigenvalue weighted by Gasteiger charge is 2.26. The molecule has 0 aromatic carbocycles. The van der Waals surface area contributed by atoms with Crippen molar-refractivity contribution in [2.75, 3.05) is 5.75 Å². The number of hydrogen-bond acceptors (Lipinski definition) is 3. The average Bonchev–Trinajstić information content (AvgIpc) is 2.42. The zero-order chi connectivity index (χ0) is 13.5. The number of carbonyl (C=O) groups is 2. The maximum atomic E-state index is 11.9. The van der Waals surface area contributed by atoms with Crippen LogP contribution in [0, 0.1) is 5.92 Å². The van der Waals surface area contributed by atoms with E-state index in [9.17, 15) is 9.59 Å². The molecule has 0 aliphatic carbocycles. The molecule has 2 unspecified atom stereocenters. The molecule has 1 N–H and O–H groups in total. The summed E-state index contributed by atoms with van der Waals surface area (Å²) in [4.78, 5) is 24.3. The van der Waals surface area contributed by atoms with Gasteiger partial charge < -0.3 is 5.32 Å². The molecule has 0 fully saturated rings. The molecule has 1 heterocycles. The van der Waals surface area contributed by atoms with Gasteiger partial charge in [-0.2, -0.15) is 0 Å². The molecule has 0 bridgehead atoms. The first-order valence-corrected chi connectivity index (χ1v) is 7.74. The van der Waals surface area contributed by atoms with Crippen molar-refractivity contribution in [3.8, 4) is 0 Å². The minimum absolute atomic E-state index is 0.0527. The van der Waals surface area contributed by atoms with Crippen molar-refractivity contribution < 1.29 is 9.59 Å². The van der Waals surface area contributed by atoms with E-state index in [4.69, 9.17) is 0 Å². The number of carbonyl (C=O) groups excluding carboxylic acids is 2. The van der Waals surface area contributed by atoms with Gasteiger partial charge >= 0.3 is 0 Å². The predicted molar refractivity (Wildman–Crippen MR) is 76.5 cm³/mol. The number of thioether (sulfide) groups is 1. The van der Waals surface area contributed by atoms with Gasteiger partial charge in [0.2, 0.25) is 0 Å². The molecular formula is C14H23NO2S. The second-order valence-corrected chi connectivity index (χ2v) is 6.01. The van der Waals surface area contributed by atoms with E-state index in [0.717, 1.165) is 12.2 Å². The van der Waals surface area contributed by atoms with Crippen LogP contribution in [0.2, 0.25) is 0 Å². The van der Waals surface area contributed by atoms with Gasteiger partial charge in [0, 0.05) is 18.0 Å². The molecule has 2 atom stereocenters. The van der Waals surface area contributed by atoms with Crippen molar-refractivity contribution in [2.45, 2.75) is 52.5 Å². The number of allylic oxidation sites excluding steroid dienone is 1. The zero-order valence-electron chi connectivity index (χ0n) is 11.5. The molecule has 0 aromatic heterocycles. The van der Waals surface area contributed by atoms with E-state index in [-0.39, 0.29) is 23.7 Å². The molecule has 0 aromatic rings. The number of hydrogen-bond donors (Lipinski definition) is 1. The molecule has 0 spiro atoms. The van der Waals surface area contributed by atoms with E-state index in [0.29, 0.717) is 4.91 Å². The third-order valence-corrected chi connectivity index (χ3v) is 4.42. The molecule has 0 radical (unpaired) electrons. The van der Waals surface area contributed by atoms with Crippen LogP contribution >= 0.6 is 11.8 Å². The third kappa shape index (κ3) is 4.48. The van der Waals surface area contributed by atoms with E-state index in [2.05, 4.69) is 12.2 Å². The van der Waals surface area contributed by atoms with Crippen LogP contribution in [-0.2, 0) is 9.59 Å². The highest BCUT2D eigenvalue weighted by molar-refractivity contribution is 8.04. The van der Waals surface area contributed by atoms with Gasteiger partial charge in [0.15, 0.2) is 5.78 Å². The maximum Gasteiger partial charge on any atom is 0.258 e. The van der Waals surface area contributed by atoms with E-state index in [1.807, 2.05) is 13.8 Å². The summed E-state index contributed by atoms with van der Waals surface area (Å²) in [6, 6.07) is -0.0839. The van der Waals surface area contributed by atoms with Gasteiger partial charge in [0.05, 0.1) is 4.91 Å². The SMILES string of the molecule is CCCCCCSC1=CC(=O)C(C)C(C)NC1=O. The Morgan fingerprint density at radius 1 is 1.22 bits per heavy atom. The lowest BCUT2D eigenvalue weighted by molar-refractivity contribution is -0.118. The predicted octanol–water partition coefficient (Wildman–Crippen LogP) is 2.91. The molecule has 18 heavy (non-hydrogen) atoms. The summed E-state index contributed by atoms with van der Waals surface area (Å²) in [7, 11) is 0. The van der Waals surface area contributed by atoms with Crippen LogP contribution in [0.3, 0.4) is 0 Å². The summed E-state index contributed by atoms with van der Waals surface area (Å²) in [6.07, 6.45) is 6.26. The molecule has 3 nitrogen and oxygen atoms in total.